The van der Waals surface area contributed by atoms with Crippen LogP contribution >= 0.6 is 0 Å². The number of esters is 1. The molecule has 1 spiro atoms. The molecule has 6 unspecified atom stereocenters. The van der Waals surface area contributed by atoms with Gasteiger partial charge in [0, 0.05) is 5.41 Å². The molecule has 1 aliphatic heterocycles. The second-order valence-electron chi connectivity index (χ2n) is 9.32. The van der Waals surface area contributed by atoms with Crippen LogP contribution in [0.2, 0.25) is 0 Å². The van der Waals surface area contributed by atoms with Gasteiger partial charge in [-0.2, -0.15) is 0 Å². The number of rotatable bonds is 0. The van der Waals surface area contributed by atoms with Crippen molar-refractivity contribution in [3.63, 3.8) is 0 Å². The molecule has 120 valence electrons. The standard InChI is InChI=1S/C20H28O2/c1-13-10-19-9-6-15-18(2)7-3-8-20(15,12-22-17(18)21)16(19)5-4-14(13)11-19/h10,14-16H,3-9,11-12H2,1-2H3. The second-order valence-corrected chi connectivity index (χ2v) is 9.32. The van der Waals surface area contributed by atoms with Crippen LogP contribution in [0.15, 0.2) is 11.6 Å². The highest BCUT2D eigenvalue weighted by Crippen LogP contribution is 2.72. The summed E-state index contributed by atoms with van der Waals surface area (Å²) in [5.74, 6) is 2.30. The van der Waals surface area contributed by atoms with E-state index in [4.69, 9.17) is 4.74 Å². The van der Waals surface area contributed by atoms with Crippen molar-refractivity contribution in [1.29, 1.82) is 0 Å². The topological polar surface area (TPSA) is 26.3 Å². The van der Waals surface area contributed by atoms with Crippen molar-refractivity contribution in [2.24, 2.45) is 34.0 Å². The average molecular weight is 300 g/mol. The first-order chi connectivity index (χ1) is 10.5. The van der Waals surface area contributed by atoms with Gasteiger partial charge in [0.2, 0.25) is 0 Å². The monoisotopic (exact) mass is 300 g/mol. The van der Waals surface area contributed by atoms with Crippen LogP contribution in [0.1, 0.15) is 65.2 Å². The van der Waals surface area contributed by atoms with E-state index >= 15 is 0 Å². The highest BCUT2D eigenvalue weighted by atomic mass is 16.5. The van der Waals surface area contributed by atoms with Gasteiger partial charge in [-0.25, -0.2) is 0 Å². The molecule has 0 aromatic heterocycles. The Bertz CT molecular complexity index is 578. The van der Waals surface area contributed by atoms with Crippen molar-refractivity contribution >= 4 is 5.97 Å². The molecule has 2 heteroatoms. The number of ether oxygens (including phenoxy) is 1. The van der Waals surface area contributed by atoms with E-state index in [0.717, 1.165) is 24.9 Å². The largest absolute Gasteiger partial charge is 0.465 e. The maximum absolute atomic E-state index is 12.5. The van der Waals surface area contributed by atoms with Crippen LogP contribution in [0.3, 0.4) is 0 Å². The normalized spacial score (nSPS) is 55.8. The molecule has 0 aromatic carbocycles. The third-order valence-corrected chi connectivity index (χ3v) is 8.62. The lowest BCUT2D eigenvalue weighted by Crippen LogP contribution is -2.64. The summed E-state index contributed by atoms with van der Waals surface area (Å²) in [6.45, 7) is 5.29. The average Bonchev–Trinajstić information content (AvgIpc) is 2.73. The summed E-state index contributed by atoms with van der Waals surface area (Å²) in [5, 5.41) is 0. The van der Waals surface area contributed by atoms with Crippen LogP contribution < -0.4 is 0 Å². The van der Waals surface area contributed by atoms with E-state index in [1.165, 1.54) is 44.9 Å². The van der Waals surface area contributed by atoms with Crippen LogP contribution in [0, 0.1) is 34.0 Å². The maximum atomic E-state index is 12.5. The predicted octanol–water partition coefficient (Wildman–Crippen LogP) is 4.49. The van der Waals surface area contributed by atoms with E-state index < -0.39 is 0 Å². The molecule has 2 nitrogen and oxygen atoms in total. The molecule has 1 heterocycles. The molecule has 22 heavy (non-hydrogen) atoms. The molecule has 0 amide bonds. The Kier molecular flexibility index (Phi) is 2.47. The third kappa shape index (κ3) is 1.37. The third-order valence-electron chi connectivity index (χ3n) is 8.62. The minimum atomic E-state index is -0.188. The molecule has 4 aliphatic carbocycles. The first kappa shape index (κ1) is 13.6. The van der Waals surface area contributed by atoms with Gasteiger partial charge < -0.3 is 4.74 Å². The molecule has 3 saturated carbocycles. The lowest BCUT2D eigenvalue weighted by atomic mass is 9.40. The predicted molar refractivity (Wildman–Crippen MR) is 85.1 cm³/mol. The summed E-state index contributed by atoms with van der Waals surface area (Å²) in [6.07, 6.45) is 12.9. The van der Waals surface area contributed by atoms with Crippen molar-refractivity contribution < 1.29 is 9.53 Å². The van der Waals surface area contributed by atoms with E-state index in [1.54, 1.807) is 5.57 Å². The minimum absolute atomic E-state index is 0.107. The molecular weight excluding hydrogens is 272 g/mol. The van der Waals surface area contributed by atoms with Gasteiger partial charge in [-0.05, 0) is 82.0 Å². The van der Waals surface area contributed by atoms with Gasteiger partial charge in [0.15, 0.2) is 0 Å². The molecule has 1 saturated heterocycles. The van der Waals surface area contributed by atoms with Gasteiger partial charge >= 0.3 is 5.97 Å². The SMILES string of the molecule is CC1=CC23CCC4C5(C)CCCC4(COC5=O)C2CCC1C3. The van der Waals surface area contributed by atoms with Crippen molar-refractivity contribution in [2.75, 3.05) is 6.61 Å². The van der Waals surface area contributed by atoms with Crippen LogP contribution in [0.4, 0.5) is 0 Å². The van der Waals surface area contributed by atoms with E-state index in [9.17, 15) is 4.79 Å². The summed E-state index contributed by atoms with van der Waals surface area (Å²) in [7, 11) is 0. The zero-order chi connectivity index (χ0) is 15.2. The van der Waals surface area contributed by atoms with Crippen molar-refractivity contribution in [3.05, 3.63) is 11.6 Å². The summed E-state index contributed by atoms with van der Waals surface area (Å²) < 4.78 is 5.83. The Morgan fingerprint density at radius 1 is 1.14 bits per heavy atom. The van der Waals surface area contributed by atoms with Crippen molar-refractivity contribution in [1.82, 2.24) is 0 Å². The molecule has 6 atom stereocenters. The fourth-order valence-electron chi connectivity index (χ4n) is 7.77. The molecule has 0 N–H and O–H groups in total. The molecule has 5 aliphatic rings. The lowest BCUT2D eigenvalue weighted by molar-refractivity contribution is -0.229. The number of carbonyl (C=O) groups is 1. The Morgan fingerprint density at radius 3 is 2.86 bits per heavy atom. The fraction of sp³-hybridized carbons (Fsp3) is 0.850. The number of allylic oxidation sites excluding steroid dienone is 2. The van der Waals surface area contributed by atoms with Crippen LogP contribution in [0.5, 0.6) is 0 Å². The zero-order valence-corrected chi connectivity index (χ0v) is 14.0. The van der Waals surface area contributed by atoms with Crippen molar-refractivity contribution in [2.45, 2.75) is 65.2 Å². The lowest BCUT2D eigenvalue weighted by Gasteiger charge is -2.66. The Morgan fingerprint density at radius 2 is 2.00 bits per heavy atom. The summed E-state index contributed by atoms with van der Waals surface area (Å²) in [6, 6.07) is 0. The Labute approximate surface area is 133 Å². The van der Waals surface area contributed by atoms with Gasteiger partial charge in [-0.15, -0.1) is 0 Å². The molecule has 5 rings (SSSR count). The molecular formula is C20H28O2. The second kappa shape index (κ2) is 3.99. The van der Waals surface area contributed by atoms with Gasteiger partial charge in [-0.1, -0.05) is 18.1 Å². The highest BCUT2D eigenvalue weighted by Gasteiger charge is 2.68. The summed E-state index contributed by atoms with van der Waals surface area (Å²) in [4.78, 5) is 12.5. The Balaban J connectivity index is 1.63. The zero-order valence-electron chi connectivity index (χ0n) is 14.0. The van der Waals surface area contributed by atoms with E-state index in [-0.39, 0.29) is 11.4 Å². The van der Waals surface area contributed by atoms with Crippen molar-refractivity contribution in [3.8, 4) is 0 Å². The Hall–Kier alpha value is -0.790. The van der Waals surface area contributed by atoms with Gasteiger partial charge in [0.1, 0.15) is 0 Å². The molecule has 4 fully saturated rings. The summed E-state index contributed by atoms with van der Waals surface area (Å²) >= 11 is 0. The number of carbonyl (C=O) groups excluding carboxylic acids is 1. The number of hydrogen-bond acceptors (Lipinski definition) is 2. The first-order valence-electron chi connectivity index (χ1n) is 9.37. The summed E-state index contributed by atoms with van der Waals surface area (Å²) in [5.41, 5.74) is 2.21. The van der Waals surface area contributed by atoms with Gasteiger partial charge in [0.05, 0.1) is 12.0 Å². The smallest absolute Gasteiger partial charge is 0.312 e. The number of hydrogen-bond donors (Lipinski definition) is 0. The first-order valence-corrected chi connectivity index (χ1v) is 9.37. The van der Waals surface area contributed by atoms with E-state index in [0.29, 0.717) is 16.7 Å². The fourth-order valence-corrected chi connectivity index (χ4v) is 7.77. The van der Waals surface area contributed by atoms with Gasteiger partial charge in [0.25, 0.3) is 0 Å². The van der Waals surface area contributed by atoms with Gasteiger partial charge in [-0.3, -0.25) is 4.79 Å². The number of fused-ring (bicyclic) bond motifs is 1. The molecule has 0 aromatic rings. The molecule has 0 radical (unpaired) electrons. The quantitative estimate of drug-likeness (QED) is 0.486. The minimum Gasteiger partial charge on any atom is -0.465 e. The molecule has 4 bridgehead atoms. The van der Waals surface area contributed by atoms with Crippen LogP contribution in [0.25, 0.3) is 0 Å². The highest BCUT2D eigenvalue weighted by molar-refractivity contribution is 5.78. The maximum Gasteiger partial charge on any atom is 0.312 e. The van der Waals surface area contributed by atoms with E-state index in [2.05, 4.69) is 19.9 Å². The van der Waals surface area contributed by atoms with Crippen LogP contribution in [-0.2, 0) is 9.53 Å². The number of cyclic esters (lactones) is 1. The van der Waals surface area contributed by atoms with E-state index in [1.807, 2.05) is 0 Å². The van der Waals surface area contributed by atoms with Crippen LogP contribution in [-0.4, -0.2) is 12.6 Å².